The van der Waals surface area contributed by atoms with Crippen LogP contribution in [0, 0.1) is 0 Å². The van der Waals surface area contributed by atoms with E-state index in [-0.39, 0.29) is 33.3 Å². The molecule has 4 N–H and O–H groups in total. The molecular formula is C26H16Cl2N4O7. The van der Waals surface area contributed by atoms with Crippen LogP contribution in [0.2, 0.25) is 10.3 Å². The molecule has 1 amide bonds. The molecule has 0 saturated heterocycles. The van der Waals surface area contributed by atoms with Gasteiger partial charge in [-0.1, -0.05) is 23.2 Å². The number of carboxylic acid groups (broad SMARTS) is 2. The maximum atomic E-state index is 11.9. The number of pyridine rings is 2. The number of amides is 1. The molecule has 39 heavy (non-hydrogen) atoms. The zero-order chi connectivity index (χ0) is 28.1. The number of hydrogen-bond acceptors (Lipinski definition) is 8. The van der Waals surface area contributed by atoms with Crippen LogP contribution in [-0.4, -0.2) is 48.1 Å². The molecule has 5 aromatic rings. The molecule has 5 rings (SSSR count). The highest BCUT2D eigenvalue weighted by atomic mass is 35.5. The van der Waals surface area contributed by atoms with E-state index in [4.69, 9.17) is 37.8 Å². The second-order valence-electron chi connectivity index (χ2n) is 7.74. The summed E-state index contributed by atoms with van der Waals surface area (Å²) >= 11 is 11.3. The van der Waals surface area contributed by atoms with Crippen molar-refractivity contribution in [2.75, 3.05) is 5.32 Å². The second kappa shape index (κ2) is 11.6. The number of nitrogens with zero attached hydrogens (tertiary/aromatic N) is 3. The number of aromatic nitrogens is 3. The third-order valence-electron chi connectivity index (χ3n) is 5.09. The third-order valence-corrected chi connectivity index (χ3v) is 5.54. The second-order valence-corrected chi connectivity index (χ2v) is 8.51. The average Bonchev–Trinajstić information content (AvgIpc) is 3.34. The number of rotatable bonds is 5. The van der Waals surface area contributed by atoms with Crippen LogP contribution < -0.4 is 5.32 Å². The van der Waals surface area contributed by atoms with E-state index in [1.807, 2.05) is 0 Å². The summed E-state index contributed by atoms with van der Waals surface area (Å²) in [5, 5.41) is 30.4. The number of halogens is 2. The van der Waals surface area contributed by atoms with E-state index in [1.54, 1.807) is 24.4 Å². The van der Waals surface area contributed by atoms with Crippen molar-refractivity contribution in [1.29, 1.82) is 0 Å². The fourth-order valence-corrected chi connectivity index (χ4v) is 3.38. The van der Waals surface area contributed by atoms with Crippen LogP contribution in [0.25, 0.3) is 22.6 Å². The largest absolute Gasteiger partial charge is 0.506 e. The number of nitrogens with one attached hydrogen (secondary N) is 1. The van der Waals surface area contributed by atoms with Gasteiger partial charge in [0, 0.05) is 12.4 Å². The van der Waals surface area contributed by atoms with Crippen LogP contribution >= 0.6 is 23.2 Å². The van der Waals surface area contributed by atoms with E-state index in [2.05, 4.69) is 20.3 Å². The van der Waals surface area contributed by atoms with Crippen molar-refractivity contribution >= 4 is 57.8 Å². The highest BCUT2D eigenvalue weighted by Crippen LogP contribution is 2.26. The fraction of sp³-hybridized carbons (Fsp3) is 0. The Morgan fingerprint density at radius 2 is 1.38 bits per heavy atom. The number of aromatic carboxylic acids is 2. The summed E-state index contributed by atoms with van der Waals surface area (Å²) < 4.78 is 5.53. The van der Waals surface area contributed by atoms with E-state index >= 15 is 0 Å². The molecule has 0 aliphatic rings. The molecule has 3 aromatic heterocycles. The van der Waals surface area contributed by atoms with Crippen molar-refractivity contribution in [3.63, 3.8) is 0 Å². The predicted octanol–water partition coefficient (Wildman–Crippen LogP) is 5.63. The maximum Gasteiger partial charge on any atom is 0.335 e. The minimum absolute atomic E-state index is 0.0753. The summed E-state index contributed by atoms with van der Waals surface area (Å²) in [6.07, 6.45) is 2.84. The van der Waals surface area contributed by atoms with Crippen molar-refractivity contribution in [3.8, 4) is 17.2 Å². The first kappa shape index (κ1) is 27.0. The van der Waals surface area contributed by atoms with E-state index in [0.717, 1.165) is 6.07 Å². The molecule has 0 radical (unpaired) electrons. The van der Waals surface area contributed by atoms with Gasteiger partial charge in [0.25, 0.3) is 5.91 Å². The minimum Gasteiger partial charge on any atom is -0.506 e. The lowest BCUT2D eigenvalue weighted by molar-refractivity contribution is 0.0686. The highest BCUT2D eigenvalue weighted by molar-refractivity contribution is 6.29. The predicted molar refractivity (Wildman–Crippen MR) is 141 cm³/mol. The Bertz CT molecular complexity index is 1690. The smallest absolute Gasteiger partial charge is 0.335 e. The van der Waals surface area contributed by atoms with Gasteiger partial charge in [0.1, 0.15) is 21.6 Å². The number of phenolic OH excluding ortho intramolecular Hbond substituents is 1. The summed E-state index contributed by atoms with van der Waals surface area (Å²) in [5.41, 5.74) is 2.14. The van der Waals surface area contributed by atoms with Gasteiger partial charge in [0.2, 0.25) is 5.89 Å². The Balaban J connectivity index is 0.000000181. The van der Waals surface area contributed by atoms with Gasteiger partial charge in [-0.25, -0.2) is 24.5 Å². The molecule has 0 aliphatic carbocycles. The van der Waals surface area contributed by atoms with Crippen molar-refractivity contribution < 1.29 is 34.1 Å². The third kappa shape index (κ3) is 6.66. The first-order chi connectivity index (χ1) is 18.6. The van der Waals surface area contributed by atoms with Crippen LogP contribution in [0.1, 0.15) is 31.1 Å². The number of fused-ring (bicyclic) bond motifs is 1. The average molecular weight is 567 g/mol. The Hall–Kier alpha value is -5.00. The quantitative estimate of drug-likeness (QED) is 0.154. The van der Waals surface area contributed by atoms with Crippen LogP contribution in [0.15, 0.2) is 77.5 Å². The number of carbonyl (C=O) groups excluding carboxylic acids is 1. The lowest BCUT2D eigenvalue weighted by Gasteiger charge is -2.07. The molecule has 0 aliphatic heterocycles. The van der Waals surface area contributed by atoms with Crippen molar-refractivity contribution in [2.24, 2.45) is 0 Å². The van der Waals surface area contributed by atoms with E-state index in [0.29, 0.717) is 27.7 Å². The summed E-state index contributed by atoms with van der Waals surface area (Å²) in [5.74, 6) is -2.62. The van der Waals surface area contributed by atoms with Gasteiger partial charge >= 0.3 is 11.9 Å². The summed E-state index contributed by atoms with van der Waals surface area (Å²) in [6, 6.07) is 14.5. The standard InChI is InChI=1S/C13H9ClN2O4.C13H7ClN2O3/c14-11-4-2-8(6-15-11)12(18)16-9-3-1-7(13(19)20)5-10(9)17;14-11-4-2-8(6-15-11)12-16-9-3-1-7(13(17)18)5-10(9)19-12/h1-6,17H,(H,16,18)(H,19,20);1-6H,(H,17,18). The Morgan fingerprint density at radius 3 is 1.97 bits per heavy atom. The number of hydrogen-bond donors (Lipinski definition) is 4. The molecule has 0 bridgehead atoms. The van der Waals surface area contributed by atoms with Crippen LogP contribution in [0.4, 0.5) is 5.69 Å². The van der Waals surface area contributed by atoms with E-state index in [9.17, 15) is 19.5 Å². The zero-order valence-corrected chi connectivity index (χ0v) is 21.0. The molecule has 11 nitrogen and oxygen atoms in total. The molecule has 0 fully saturated rings. The number of phenols is 1. The molecule has 13 heteroatoms. The molecule has 0 atom stereocenters. The first-order valence-electron chi connectivity index (χ1n) is 10.9. The van der Waals surface area contributed by atoms with E-state index < -0.39 is 17.8 Å². The maximum absolute atomic E-state index is 11.9. The van der Waals surface area contributed by atoms with Gasteiger partial charge < -0.3 is 25.1 Å². The van der Waals surface area contributed by atoms with Gasteiger partial charge in [-0.3, -0.25) is 4.79 Å². The van der Waals surface area contributed by atoms with Crippen LogP contribution in [0.5, 0.6) is 5.75 Å². The van der Waals surface area contributed by atoms with Crippen molar-refractivity contribution in [3.05, 3.63) is 100 Å². The molecule has 0 spiro atoms. The lowest BCUT2D eigenvalue weighted by atomic mass is 10.2. The molecule has 2 aromatic carbocycles. The van der Waals surface area contributed by atoms with Gasteiger partial charge in [-0.05, 0) is 60.7 Å². The minimum atomic E-state index is -1.17. The van der Waals surface area contributed by atoms with Crippen molar-refractivity contribution in [1.82, 2.24) is 15.0 Å². The van der Waals surface area contributed by atoms with Crippen LogP contribution in [0.3, 0.4) is 0 Å². The van der Waals surface area contributed by atoms with Gasteiger partial charge in [0.05, 0.1) is 27.9 Å². The molecule has 0 unspecified atom stereocenters. The number of anilines is 1. The summed E-state index contributed by atoms with van der Waals surface area (Å²) in [4.78, 5) is 45.4. The summed E-state index contributed by atoms with van der Waals surface area (Å²) in [7, 11) is 0. The normalized spacial score (nSPS) is 10.4. The van der Waals surface area contributed by atoms with Crippen molar-refractivity contribution in [2.45, 2.75) is 0 Å². The molecular weight excluding hydrogens is 551 g/mol. The van der Waals surface area contributed by atoms with Gasteiger partial charge in [0.15, 0.2) is 5.58 Å². The molecule has 196 valence electrons. The zero-order valence-electron chi connectivity index (χ0n) is 19.5. The Morgan fingerprint density at radius 1 is 0.769 bits per heavy atom. The van der Waals surface area contributed by atoms with Gasteiger partial charge in [-0.15, -0.1) is 0 Å². The SMILES string of the molecule is O=C(O)c1ccc(NC(=O)c2ccc(Cl)nc2)c(O)c1.O=C(O)c1ccc2nc(-c3ccc(Cl)nc3)oc2c1. The topological polar surface area (TPSA) is 176 Å². The number of benzene rings is 2. The Labute approximate surface area is 229 Å². The van der Waals surface area contributed by atoms with Crippen LogP contribution in [-0.2, 0) is 0 Å². The number of aromatic hydroxyl groups is 1. The highest BCUT2D eigenvalue weighted by Gasteiger charge is 2.13. The number of oxazole rings is 1. The number of carboxylic acids is 2. The first-order valence-corrected chi connectivity index (χ1v) is 11.6. The van der Waals surface area contributed by atoms with Gasteiger partial charge in [-0.2, -0.15) is 0 Å². The van der Waals surface area contributed by atoms with E-state index in [1.165, 1.54) is 42.6 Å². The fourth-order valence-electron chi connectivity index (χ4n) is 3.16. The lowest BCUT2D eigenvalue weighted by Crippen LogP contribution is -2.12. The summed E-state index contributed by atoms with van der Waals surface area (Å²) in [6.45, 7) is 0. The number of carbonyl (C=O) groups is 3. The monoisotopic (exact) mass is 566 g/mol. The molecule has 3 heterocycles. The Kier molecular flexibility index (Phi) is 8.04. The molecule has 0 saturated carbocycles.